The predicted octanol–water partition coefficient (Wildman–Crippen LogP) is 2.33. The number of nitrogens with zero attached hydrogens (tertiary/aromatic N) is 1. The summed E-state index contributed by atoms with van der Waals surface area (Å²) in [5.41, 5.74) is 3.05. The van der Waals surface area contributed by atoms with Crippen LogP contribution in [0.25, 0.3) is 0 Å². The number of rotatable bonds is 8. The molecular formula is C17H15ClN2O5. The minimum absolute atomic E-state index is 0.180. The lowest BCUT2D eigenvalue weighted by Crippen LogP contribution is -2.24. The highest BCUT2D eigenvalue weighted by Gasteiger charge is 2.02. The van der Waals surface area contributed by atoms with Crippen molar-refractivity contribution in [2.24, 2.45) is 5.10 Å². The highest BCUT2D eigenvalue weighted by Crippen LogP contribution is 2.15. The van der Waals surface area contributed by atoms with Crippen molar-refractivity contribution in [2.45, 2.75) is 0 Å². The second kappa shape index (κ2) is 9.29. The molecule has 0 saturated carbocycles. The standard InChI is InChI=1S/C17H15ClN2O5/c18-13-3-7-15(8-4-13)24-10-16(21)20-19-9-12-1-5-14(6-2-12)25-11-17(22)23/h1-9H,10-11H2,(H,20,21)(H,22,23). The van der Waals surface area contributed by atoms with Crippen LogP contribution >= 0.6 is 11.6 Å². The van der Waals surface area contributed by atoms with Gasteiger partial charge in [-0.15, -0.1) is 0 Å². The number of hydrazone groups is 1. The lowest BCUT2D eigenvalue weighted by Gasteiger charge is -2.05. The molecule has 8 heteroatoms. The fourth-order valence-electron chi connectivity index (χ4n) is 1.69. The van der Waals surface area contributed by atoms with Gasteiger partial charge in [0.25, 0.3) is 5.91 Å². The van der Waals surface area contributed by atoms with Crippen molar-refractivity contribution in [1.29, 1.82) is 0 Å². The molecular weight excluding hydrogens is 348 g/mol. The monoisotopic (exact) mass is 362 g/mol. The largest absolute Gasteiger partial charge is 0.484 e. The van der Waals surface area contributed by atoms with Gasteiger partial charge in [0.05, 0.1) is 6.21 Å². The molecule has 0 heterocycles. The number of hydrogen-bond donors (Lipinski definition) is 2. The van der Waals surface area contributed by atoms with Crippen LogP contribution in [-0.2, 0) is 9.59 Å². The van der Waals surface area contributed by atoms with Crippen molar-refractivity contribution in [3.63, 3.8) is 0 Å². The van der Waals surface area contributed by atoms with Gasteiger partial charge in [-0.2, -0.15) is 5.10 Å². The number of amides is 1. The molecule has 0 aromatic heterocycles. The minimum Gasteiger partial charge on any atom is -0.484 e. The Morgan fingerprint density at radius 3 is 2.16 bits per heavy atom. The van der Waals surface area contributed by atoms with E-state index in [0.29, 0.717) is 22.1 Å². The zero-order chi connectivity index (χ0) is 18.1. The number of carbonyl (C=O) groups excluding carboxylic acids is 1. The quantitative estimate of drug-likeness (QED) is 0.555. The first kappa shape index (κ1) is 18.3. The van der Waals surface area contributed by atoms with E-state index in [1.807, 2.05) is 0 Å². The first-order valence-corrected chi connectivity index (χ1v) is 7.55. The van der Waals surface area contributed by atoms with Gasteiger partial charge >= 0.3 is 5.97 Å². The lowest BCUT2D eigenvalue weighted by atomic mass is 10.2. The third-order valence-electron chi connectivity index (χ3n) is 2.83. The lowest BCUT2D eigenvalue weighted by molar-refractivity contribution is -0.139. The van der Waals surface area contributed by atoms with Crippen LogP contribution in [0.15, 0.2) is 53.6 Å². The highest BCUT2D eigenvalue weighted by molar-refractivity contribution is 6.30. The summed E-state index contributed by atoms with van der Waals surface area (Å²) in [6.07, 6.45) is 1.45. The van der Waals surface area contributed by atoms with Crippen molar-refractivity contribution in [1.82, 2.24) is 5.43 Å². The van der Waals surface area contributed by atoms with E-state index in [9.17, 15) is 9.59 Å². The molecule has 2 aromatic carbocycles. The Hall–Kier alpha value is -3.06. The second-order valence-electron chi connectivity index (χ2n) is 4.79. The summed E-state index contributed by atoms with van der Waals surface area (Å²) < 4.78 is 10.3. The number of halogens is 1. The maximum atomic E-state index is 11.6. The summed E-state index contributed by atoms with van der Waals surface area (Å²) in [5, 5.41) is 12.9. The molecule has 0 radical (unpaired) electrons. The smallest absolute Gasteiger partial charge is 0.341 e. The molecule has 2 N–H and O–H groups in total. The van der Waals surface area contributed by atoms with Gasteiger partial charge in [-0.1, -0.05) is 11.6 Å². The van der Waals surface area contributed by atoms with Crippen LogP contribution in [-0.4, -0.2) is 36.4 Å². The Morgan fingerprint density at radius 1 is 1.00 bits per heavy atom. The molecule has 25 heavy (non-hydrogen) atoms. The summed E-state index contributed by atoms with van der Waals surface area (Å²) in [6.45, 7) is -0.585. The SMILES string of the molecule is O=C(O)COc1ccc(C=NNC(=O)COc2ccc(Cl)cc2)cc1. The van der Waals surface area contributed by atoms with E-state index in [1.54, 1.807) is 48.5 Å². The third kappa shape index (κ3) is 6.92. The Labute approximate surface area is 148 Å². The maximum absolute atomic E-state index is 11.6. The van der Waals surface area contributed by atoms with E-state index in [-0.39, 0.29) is 6.61 Å². The normalized spacial score (nSPS) is 10.4. The average molecular weight is 363 g/mol. The topological polar surface area (TPSA) is 97.2 Å². The molecule has 7 nitrogen and oxygen atoms in total. The van der Waals surface area contributed by atoms with Crippen LogP contribution < -0.4 is 14.9 Å². The van der Waals surface area contributed by atoms with Crippen LogP contribution in [0.3, 0.4) is 0 Å². The minimum atomic E-state index is -1.05. The molecule has 1 amide bonds. The number of carboxylic acid groups (broad SMARTS) is 1. The molecule has 2 rings (SSSR count). The number of ether oxygens (including phenoxy) is 2. The van der Waals surface area contributed by atoms with Crippen molar-refractivity contribution >= 4 is 29.7 Å². The van der Waals surface area contributed by atoms with Gasteiger partial charge in [0.1, 0.15) is 11.5 Å². The average Bonchev–Trinajstić information content (AvgIpc) is 2.60. The molecule has 0 fully saturated rings. The molecule has 0 unspecified atom stereocenters. The zero-order valence-electron chi connectivity index (χ0n) is 13.0. The summed E-state index contributed by atoms with van der Waals surface area (Å²) in [5.74, 6) is -0.498. The molecule has 0 aliphatic carbocycles. The number of hydrogen-bond acceptors (Lipinski definition) is 5. The number of benzene rings is 2. The Bertz CT molecular complexity index is 745. The van der Waals surface area contributed by atoms with Crippen LogP contribution in [0.2, 0.25) is 5.02 Å². The number of carboxylic acids is 1. The van der Waals surface area contributed by atoms with E-state index < -0.39 is 18.5 Å². The molecule has 0 atom stereocenters. The molecule has 130 valence electrons. The predicted molar refractivity (Wildman–Crippen MR) is 92.3 cm³/mol. The molecule has 0 saturated heterocycles. The van der Waals surface area contributed by atoms with Gasteiger partial charge < -0.3 is 14.6 Å². The van der Waals surface area contributed by atoms with Crippen LogP contribution in [0, 0.1) is 0 Å². The van der Waals surface area contributed by atoms with Crippen LogP contribution in [0.4, 0.5) is 0 Å². The summed E-state index contributed by atoms with van der Waals surface area (Å²) in [4.78, 5) is 22.0. The molecule has 0 spiro atoms. The van der Waals surface area contributed by atoms with Crippen molar-refractivity contribution in [3.05, 3.63) is 59.1 Å². The van der Waals surface area contributed by atoms with E-state index >= 15 is 0 Å². The van der Waals surface area contributed by atoms with Gasteiger partial charge in [0, 0.05) is 5.02 Å². The van der Waals surface area contributed by atoms with Crippen molar-refractivity contribution < 1.29 is 24.2 Å². The molecule has 0 aliphatic rings. The van der Waals surface area contributed by atoms with Crippen molar-refractivity contribution in [2.75, 3.05) is 13.2 Å². The summed E-state index contributed by atoms with van der Waals surface area (Å²) >= 11 is 5.75. The number of aliphatic carboxylic acids is 1. The molecule has 0 aliphatic heterocycles. The first-order chi connectivity index (χ1) is 12.0. The number of nitrogens with one attached hydrogen (secondary N) is 1. The van der Waals surface area contributed by atoms with Crippen LogP contribution in [0.1, 0.15) is 5.56 Å². The Kier molecular flexibility index (Phi) is 6.79. The van der Waals surface area contributed by atoms with Gasteiger partial charge in [0.15, 0.2) is 13.2 Å². The van der Waals surface area contributed by atoms with Crippen molar-refractivity contribution in [3.8, 4) is 11.5 Å². The molecule has 0 bridgehead atoms. The van der Waals surface area contributed by atoms with E-state index in [2.05, 4.69) is 10.5 Å². The fraction of sp³-hybridized carbons (Fsp3) is 0.118. The van der Waals surface area contributed by atoms with E-state index in [4.69, 9.17) is 26.2 Å². The van der Waals surface area contributed by atoms with Gasteiger partial charge in [-0.25, -0.2) is 10.2 Å². The Balaban J connectivity index is 1.74. The summed E-state index contributed by atoms with van der Waals surface area (Å²) in [7, 11) is 0. The maximum Gasteiger partial charge on any atom is 0.341 e. The fourth-order valence-corrected chi connectivity index (χ4v) is 1.81. The first-order valence-electron chi connectivity index (χ1n) is 7.18. The zero-order valence-corrected chi connectivity index (χ0v) is 13.8. The number of carbonyl (C=O) groups is 2. The Morgan fingerprint density at radius 2 is 1.56 bits per heavy atom. The van der Waals surface area contributed by atoms with Gasteiger partial charge in [-0.3, -0.25) is 4.79 Å². The highest BCUT2D eigenvalue weighted by atomic mass is 35.5. The molecule has 2 aromatic rings. The summed E-state index contributed by atoms with van der Waals surface area (Å²) in [6, 6.07) is 13.2. The van der Waals surface area contributed by atoms with Crippen LogP contribution in [0.5, 0.6) is 11.5 Å². The van der Waals surface area contributed by atoms with Gasteiger partial charge in [-0.05, 0) is 54.1 Å². The second-order valence-corrected chi connectivity index (χ2v) is 5.22. The van der Waals surface area contributed by atoms with E-state index in [1.165, 1.54) is 6.21 Å². The van der Waals surface area contributed by atoms with Gasteiger partial charge in [0.2, 0.25) is 0 Å². The third-order valence-corrected chi connectivity index (χ3v) is 3.08. The van der Waals surface area contributed by atoms with E-state index in [0.717, 1.165) is 0 Å².